The molecule has 0 fully saturated rings. The first kappa shape index (κ1) is 30.5. The molecular formula is C29H33Cl2N3O4S. The molecule has 0 saturated heterocycles. The number of sulfonamides is 1. The molecule has 39 heavy (non-hydrogen) atoms. The highest BCUT2D eigenvalue weighted by Crippen LogP contribution is 2.30. The minimum absolute atomic E-state index is 0.0610. The number of nitrogens with one attached hydrogen (secondary N) is 1. The molecule has 0 aliphatic heterocycles. The fraction of sp³-hybridized carbons (Fsp3) is 0.310. The molecule has 10 heteroatoms. The van der Waals surface area contributed by atoms with Gasteiger partial charge in [0.25, 0.3) is 10.0 Å². The molecule has 2 amide bonds. The number of carbonyl (C=O) groups is 2. The zero-order valence-electron chi connectivity index (χ0n) is 22.4. The Hall–Kier alpha value is -3.07. The van der Waals surface area contributed by atoms with Crippen LogP contribution in [-0.4, -0.2) is 44.8 Å². The van der Waals surface area contributed by atoms with Crippen LogP contribution in [0.2, 0.25) is 10.0 Å². The van der Waals surface area contributed by atoms with Gasteiger partial charge in [-0.05, 0) is 55.7 Å². The summed E-state index contributed by atoms with van der Waals surface area (Å²) >= 11 is 12.8. The highest BCUT2D eigenvalue weighted by atomic mass is 35.5. The number of anilines is 1. The molecule has 7 nitrogen and oxygen atoms in total. The number of nitrogens with zero attached hydrogens (tertiary/aromatic N) is 2. The van der Waals surface area contributed by atoms with Gasteiger partial charge in [-0.25, -0.2) is 8.42 Å². The van der Waals surface area contributed by atoms with E-state index in [2.05, 4.69) is 5.32 Å². The van der Waals surface area contributed by atoms with E-state index in [0.29, 0.717) is 34.1 Å². The van der Waals surface area contributed by atoms with Crippen molar-refractivity contribution in [3.63, 3.8) is 0 Å². The second-order valence-electron chi connectivity index (χ2n) is 9.07. The molecule has 1 N–H and O–H groups in total. The Kier molecular flexibility index (Phi) is 10.4. The average molecular weight is 591 g/mol. The molecule has 0 aliphatic carbocycles. The fourth-order valence-electron chi connectivity index (χ4n) is 4.34. The van der Waals surface area contributed by atoms with Crippen molar-refractivity contribution in [3.05, 3.63) is 93.5 Å². The molecule has 3 rings (SSSR count). The SMILES string of the molecule is CCc1ccccc1N(CC(=O)N(Cc1c(Cl)cccc1Cl)C(CC)C(=O)NC)S(=O)(=O)c1ccc(C)cc1. The van der Waals surface area contributed by atoms with Crippen molar-refractivity contribution in [1.29, 1.82) is 0 Å². The van der Waals surface area contributed by atoms with E-state index < -0.39 is 28.5 Å². The molecule has 1 unspecified atom stereocenters. The lowest BCUT2D eigenvalue weighted by Gasteiger charge is -2.33. The van der Waals surface area contributed by atoms with Crippen LogP contribution in [-0.2, 0) is 32.6 Å². The zero-order valence-corrected chi connectivity index (χ0v) is 24.8. The Labute approximate surface area is 240 Å². The number of rotatable bonds is 11. The maximum absolute atomic E-state index is 14.1. The number of carbonyl (C=O) groups excluding carboxylic acids is 2. The molecule has 0 radical (unpaired) electrons. The number of para-hydroxylation sites is 1. The van der Waals surface area contributed by atoms with Crippen LogP contribution >= 0.6 is 23.2 Å². The van der Waals surface area contributed by atoms with Gasteiger partial charge in [-0.15, -0.1) is 0 Å². The summed E-state index contributed by atoms with van der Waals surface area (Å²) in [5.74, 6) is -0.945. The van der Waals surface area contributed by atoms with Crippen LogP contribution in [0.15, 0.2) is 71.6 Å². The first-order valence-electron chi connectivity index (χ1n) is 12.7. The molecule has 0 bridgehead atoms. The summed E-state index contributed by atoms with van der Waals surface area (Å²) in [6.45, 7) is 4.97. The van der Waals surface area contributed by atoms with Crippen LogP contribution in [0.4, 0.5) is 5.69 Å². The maximum Gasteiger partial charge on any atom is 0.264 e. The Morgan fingerprint density at radius 1 is 0.923 bits per heavy atom. The summed E-state index contributed by atoms with van der Waals surface area (Å²) in [5.41, 5.74) is 2.54. The summed E-state index contributed by atoms with van der Waals surface area (Å²) in [4.78, 5) is 28.3. The van der Waals surface area contributed by atoms with E-state index in [4.69, 9.17) is 23.2 Å². The Morgan fingerprint density at radius 2 is 1.54 bits per heavy atom. The second-order valence-corrected chi connectivity index (χ2v) is 11.7. The van der Waals surface area contributed by atoms with E-state index in [0.717, 1.165) is 15.4 Å². The van der Waals surface area contributed by atoms with Crippen molar-refractivity contribution in [3.8, 4) is 0 Å². The Morgan fingerprint density at radius 3 is 2.10 bits per heavy atom. The number of hydrogen-bond donors (Lipinski definition) is 1. The zero-order chi connectivity index (χ0) is 28.7. The number of likely N-dealkylation sites (N-methyl/N-ethyl adjacent to an activating group) is 1. The van der Waals surface area contributed by atoms with Crippen LogP contribution in [0.5, 0.6) is 0 Å². The van der Waals surface area contributed by atoms with Crippen molar-refractivity contribution < 1.29 is 18.0 Å². The van der Waals surface area contributed by atoms with E-state index in [1.807, 2.05) is 26.0 Å². The highest BCUT2D eigenvalue weighted by molar-refractivity contribution is 7.92. The lowest BCUT2D eigenvalue weighted by Crippen LogP contribution is -2.52. The summed E-state index contributed by atoms with van der Waals surface area (Å²) in [6, 6.07) is 17.7. The van der Waals surface area contributed by atoms with Crippen LogP contribution in [0.3, 0.4) is 0 Å². The van der Waals surface area contributed by atoms with E-state index in [1.165, 1.54) is 24.1 Å². The first-order valence-corrected chi connectivity index (χ1v) is 14.9. The number of hydrogen-bond acceptors (Lipinski definition) is 4. The van der Waals surface area contributed by atoms with Gasteiger partial charge in [0, 0.05) is 29.2 Å². The van der Waals surface area contributed by atoms with Gasteiger partial charge in [0.15, 0.2) is 0 Å². The Bertz CT molecular complexity index is 1410. The predicted molar refractivity (Wildman–Crippen MR) is 157 cm³/mol. The topological polar surface area (TPSA) is 86.8 Å². The predicted octanol–water partition coefficient (Wildman–Crippen LogP) is 5.61. The van der Waals surface area contributed by atoms with Crippen LogP contribution in [0.1, 0.15) is 37.0 Å². The van der Waals surface area contributed by atoms with Crippen molar-refractivity contribution >= 4 is 50.7 Å². The van der Waals surface area contributed by atoms with Crippen LogP contribution in [0.25, 0.3) is 0 Å². The monoisotopic (exact) mass is 589 g/mol. The molecule has 0 heterocycles. The lowest BCUT2D eigenvalue weighted by molar-refractivity contribution is -0.140. The third kappa shape index (κ3) is 6.93. The standard InChI is InChI=1S/C29H33Cl2N3O4S/c1-5-21-10-7-8-13-27(21)34(39(37,38)22-16-14-20(3)15-17-22)19-28(35)33(26(6-2)29(36)32-4)18-23-24(30)11-9-12-25(23)31/h7-17,26H,5-6,18-19H2,1-4H3,(H,32,36). The van der Waals surface area contributed by atoms with E-state index in [9.17, 15) is 18.0 Å². The lowest BCUT2D eigenvalue weighted by atomic mass is 10.1. The van der Waals surface area contributed by atoms with Crippen molar-refractivity contribution in [1.82, 2.24) is 10.2 Å². The van der Waals surface area contributed by atoms with Gasteiger partial charge in [-0.1, -0.05) is 79.0 Å². The number of benzene rings is 3. The van der Waals surface area contributed by atoms with E-state index >= 15 is 0 Å². The third-order valence-electron chi connectivity index (χ3n) is 6.55. The minimum Gasteiger partial charge on any atom is -0.357 e. The van der Waals surface area contributed by atoms with Crippen LogP contribution < -0.4 is 9.62 Å². The first-order chi connectivity index (χ1) is 18.5. The average Bonchev–Trinajstić information content (AvgIpc) is 2.92. The largest absolute Gasteiger partial charge is 0.357 e. The van der Waals surface area contributed by atoms with E-state index in [-0.39, 0.29) is 17.3 Å². The number of amides is 2. The quantitative estimate of drug-likeness (QED) is 0.315. The maximum atomic E-state index is 14.1. The van der Waals surface area contributed by atoms with Gasteiger partial charge in [0.2, 0.25) is 11.8 Å². The van der Waals surface area contributed by atoms with Crippen molar-refractivity contribution in [2.75, 3.05) is 17.9 Å². The molecular weight excluding hydrogens is 557 g/mol. The molecule has 3 aromatic rings. The summed E-state index contributed by atoms with van der Waals surface area (Å²) in [6.07, 6.45) is 0.850. The van der Waals surface area contributed by atoms with Crippen molar-refractivity contribution in [2.24, 2.45) is 0 Å². The van der Waals surface area contributed by atoms with Gasteiger partial charge in [0.05, 0.1) is 10.6 Å². The number of halogens is 2. The molecule has 0 aliphatic rings. The van der Waals surface area contributed by atoms with Gasteiger partial charge >= 0.3 is 0 Å². The normalized spacial score (nSPS) is 12.1. The van der Waals surface area contributed by atoms with Gasteiger partial charge in [-0.2, -0.15) is 0 Å². The molecule has 1 atom stereocenters. The fourth-order valence-corrected chi connectivity index (χ4v) is 6.31. The molecule has 0 aromatic heterocycles. The van der Waals surface area contributed by atoms with Gasteiger partial charge < -0.3 is 10.2 Å². The summed E-state index contributed by atoms with van der Waals surface area (Å²) < 4.78 is 29.1. The molecule has 3 aromatic carbocycles. The summed E-state index contributed by atoms with van der Waals surface area (Å²) in [7, 11) is -2.66. The Balaban J connectivity index is 2.13. The van der Waals surface area contributed by atoms with Crippen LogP contribution in [0, 0.1) is 6.92 Å². The van der Waals surface area contributed by atoms with E-state index in [1.54, 1.807) is 49.4 Å². The molecule has 0 spiro atoms. The van der Waals surface area contributed by atoms with Gasteiger partial charge in [-0.3, -0.25) is 13.9 Å². The smallest absolute Gasteiger partial charge is 0.264 e. The van der Waals surface area contributed by atoms with Gasteiger partial charge in [0.1, 0.15) is 12.6 Å². The minimum atomic E-state index is -4.15. The molecule has 208 valence electrons. The second kappa shape index (κ2) is 13.3. The number of aryl methyl sites for hydroxylation is 2. The molecule has 0 saturated carbocycles. The third-order valence-corrected chi connectivity index (χ3v) is 9.03. The highest BCUT2D eigenvalue weighted by Gasteiger charge is 2.34. The summed E-state index contributed by atoms with van der Waals surface area (Å²) in [5, 5.41) is 3.28. The van der Waals surface area contributed by atoms with Crippen molar-refractivity contribution in [2.45, 2.75) is 51.1 Å².